The van der Waals surface area contributed by atoms with Crippen LogP contribution in [0.3, 0.4) is 0 Å². The van der Waals surface area contributed by atoms with E-state index in [9.17, 15) is 0 Å². The second-order valence-corrected chi connectivity index (χ2v) is 9.12. The van der Waals surface area contributed by atoms with Crippen molar-refractivity contribution < 1.29 is 17.1 Å². The van der Waals surface area contributed by atoms with Crippen molar-refractivity contribution in [3.05, 3.63) is 128 Å². The van der Waals surface area contributed by atoms with Crippen molar-refractivity contribution in [3.8, 4) is 0 Å². The average Bonchev–Trinajstić information content (AvgIpc) is 3.52. The Kier molecular flexibility index (Phi) is 7.32. The fourth-order valence-electron chi connectivity index (χ4n) is 4.59. The van der Waals surface area contributed by atoms with E-state index in [4.69, 9.17) is 29.9 Å². The smallest absolute Gasteiger partial charge is 0.361 e. The monoisotopic (exact) mass is 570 g/mol. The van der Waals surface area contributed by atoms with Gasteiger partial charge in [-0.05, 0) is 67.9 Å². The Hall–Kier alpha value is -5.17. The first-order valence-electron chi connectivity index (χ1n) is 12.8. The van der Waals surface area contributed by atoms with E-state index in [0.717, 1.165) is 43.6 Å². The Morgan fingerprint density at radius 1 is 0.366 bits per heavy atom. The van der Waals surface area contributed by atoms with Crippen LogP contribution >= 0.6 is 0 Å². The minimum absolute atomic E-state index is 0. The van der Waals surface area contributed by atoms with Crippen LogP contribution in [0.1, 0.15) is 0 Å². The summed E-state index contributed by atoms with van der Waals surface area (Å²) in [5, 5.41) is 3.84. The molecule has 0 atom stereocenters. The van der Waals surface area contributed by atoms with Crippen LogP contribution in [0.4, 0.5) is 0 Å². The number of nitrogens with zero attached hydrogens (tertiary/aromatic N) is 7. The molecule has 4 heterocycles. The van der Waals surface area contributed by atoms with Gasteiger partial charge in [-0.25, -0.2) is 0 Å². The second-order valence-electron chi connectivity index (χ2n) is 9.12. The molecule has 4 aromatic heterocycles. The predicted octanol–water partition coefficient (Wildman–Crippen LogP) is 6.87. The quantitative estimate of drug-likeness (QED) is 0.184. The summed E-state index contributed by atoms with van der Waals surface area (Å²) in [6, 6.07) is 37.3. The molecule has 0 aliphatic carbocycles. The van der Waals surface area contributed by atoms with Crippen molar-refractivity contribution in [1.29, 1.82) is 0 Å². The topological polar surface area (TPSA) is 92.7 Å². The van der Waals surface area contributed by atoms with E-state index in [0.29, 0.717) is 22.6 Å². The molecular weight excluding hydrogens is 549 g/mol. The van der Waals surface area contributed by atoms with Crippen molar-refractivity contribution >= 4 is 66.2 Å². The molecule has 7 nitrogen and oxygen atoms in total. The molecule has 0 aliphatic heterocycles. The first kappa shape index (κ1) is 26.1. The zero-order valence-corrected chi connectivity index (χ0v) is 22.8. The molecule has 8 rings (SSSR count). The van der Waals surface area contributed by atoms with Crippen LogP contribution in [0, 0.1) is 0 Å². The third kappa shape index (κ3) is 5.47. The Labute approximate surface area is 245 Å². The molecule has 0 saturated carbocycles. The first-order chi connectivity index (χ1) is 19.8. The van der Waals surface area contributed by atoms with Gasteiger partial charge in [-0.15, -0.1) is 0 Å². The minimum atomic E-state index is 0. The molecule has 8 heteroatoms. The maximum absolute atomic E-state index is 4.84. The van der Waals surface area contributed by atoms with E-state index in [2.05, 4.69) is 4.98 Å². The fourth-order valence-corrected chi connectivity index (χ4v) is 4.59. The maximum Gasteiger partial charge on any atom is 2.00 e. The van der Waals surface area contributed by atoms with Gasteiger partial charge in [0.05, 0.1) is 0 Å². The molecule has 0 amide bonds. The number of hydrogen-bond acceptors (Lipinski definition) is 5. The average molecular weight is 571 g/mol. The number of rotatable bonds is 0. The zero-order chi connectivity index (χ0) is 26.7. The van der Waals surface area contributed by atoms with Crippen LogP contribution in [-0.4, -0.2) is 24.9 Å². The van der Waals surface area contributed by atoms with Crippen LogP contribution in [0.5, 0.6) is 0 Å². The number of pyridine rings is 1. The minimum Gasteiger partial charge on any atom is -0.361 e. The first-order valence-corrected chi connectivity index (χ1v) is 12.8. The third-order valence-corrected chi connectivity index (χ3v) is 6.41. The standard InChI is InChI=1S/C28H16N6.C5H5N.Mn/c1-2-12-22-21(11-1)25-29-17-7-5-9-19(15-17)31-27-23-13-3-4-14-24(23)28(34-27)32-20-10-6-8-18(16-20)30-26(22)33-25;1-2-4-6-5-3-1;/h1-16H;1-5H;/q-2;;+2. The van der Waals surface area contributed by atoms with E-state index >= 15 is 0 Å². The summed E-state index contributed by atoms with van der Waals surface area (Å²) in [5.41, 5.74) is 5.63. The van der Waals surface area contributed by atoms with Gasteiger partial charge in [0.25, 0.3) is 0 Å². The molecule has 0 fully saturated rings. The van der Waals surface area contributed by atoms with Crippen LogP contribution in [-0.2, 0) is 17.1 Å². The number of aromatic nitrogens is 7. The zero-order valence-electron chi connectivity index (χ0n) is 21.6. The molecule has 8 bridgehead atoms. The van der Waals surface area contributed by atoms with Crippen LogP contribution in [0.15, 0.2) is 128 Å². The van der Waals surface area contributed by atoms with Gasteiger partial charge in [0.1, 0.15) is 0 Å². The van der Waals surface area contributed by atoms with Gasteiger partial charge in [0.2, 0.25) is 0 Å². The van der Waals surface area contributed by atoms with Gasteiger partial charge in [-0.2, -0.15) is 0 Å². The molecule has 1 radical (unpaired) electrons. The van der Waals surface area contributed by atoms with Gasteiger partial charge in [0.15, 0.2) is 0 Å². The fraction of sp³-hybridized carbons (Fsp3) is 0. The Balaban J connectivity index is 0.000000387. The molecule has 0 aliphatic rings. The van der Waals surface area contributed by atoms with Gasteiger partial charge in [0, 0.05) is 35.0 Å². The van der Waals surface area contributed by atoms with E-state index in [1.165, 1.54) is 0 Å². The van der Waals surface area contributed by atoms with Crippen molar-refractivity contribution in [2.45, 2.75) is 0 Å². The van der Waals surface area contributed by atoms with Gasteiger partial charge in [-0.1, -0.05) is 91.0 Å². The largest absolute Gasteiger partial charge is 2.00 e. The molecular formula is C33H21MnN7. The van der Waals surface area contributed by atoms with Crippen LogP contribution in [0.2, 0.25) is 0 Å². The summed E-state index contributed by atoms with van der Waals surface area (Å²) < 4.78 is 0. The Morgan fingerprint density at radius 3 is 0.976 bits per heavy atom. The van der Waals surface area contributed by atoms with E-state index in [1.807, 2.05) is 115 Å². The van der Waals surface area contributed by atoms with Crippen molar-refractivity contribution in [2.75, 3.05) is 0 Å². The van der Waals surface area contributed by atoms with Crippen LogP contribution in [0.25, 0.3) is 66.2 Å². The molecule has 41 heavy (non-hydrogen) atoms. The summed E-state index contributed by atoms with van der Waals surface area (Å²) >= 11 is 0. The summed E-state index contributed by atoms with van der Waals surface area (Å²) in [4.78, 5) is 32.7. The van der Waals surface area contributed by atoms with E-state index < -0.39 is 0 Å². The SMILES string of the molecule is [Mn+2].c1cc2cc(c1)nc1[n-]c(nc3cccc(c3)nc3[n-]c(n2)c2ccccc32)c2ccccc12.c1ccncc1. The molecule has 8 aromatic rings. The number of benzene rings is 4. The van der Waals surface area contributed by atoms with Crippen molar-refractivity contribution in [3.63, 3.8) is 0 Å². The van der Waals surface area contributed by atoms with E-state index in [-0.39, 0.29) is 17.1 Å². The molecule has 195 valence electrons. The summed E-state index contributed by atoms with van der Waals surface area (Å²) in [6.07, 6.45) is 3.50. The molecule has 0 saturated heterocycles. The summed E-state index contributed by atoms with van der Waals surface area (Å²) in [7, 11) is 0. The second kappa shape index (κ2) is 11.5. The van der Waals surface area contributed by atoms with Gasteiger partial charge >= 0.3 is 17.1 Å². The summed E-state index contributed by atoms with van der Waals surface area (Å²) in [5.74, 6) is 0. The van der Waals surface area contributed by atoms with Crippen LogP contribution < -0.4 is 9.97 Å². The summed E-state index contributed by atoms with van der Waals surface area (Å²) in [6.45, 7) is 0. The van der Waals surface area contributed by atoms with Crippen molar-refractivity contribution in [1.82, 2.24) is 34.9 Å². The molecule has 4 aromatic carbocycles. The number of hydrogen-bond donors (Lipinski definition) is 0. The third-order valence-electron chi connectivity index (χ3n) is 6.41. The molecule has 0 unspecified atom stereocenters. The molecule has 0 spiro atoms. The Morgan fingerprint density at radius 2 is 0.707 bits per heavy atom. The van der Waals surface area contributed by atoms with Gasteiger partial charge in [-0.3, -0.25) is 4.98 Å². The maximum atomic E-state index is 4.84. The van der Waals surface area contributed by atoms with Crippen molar-refractivity contribution in [2.24, 2.45) is 0 Å². The Bertz CT molecular complexity index is 1940. The molecule has 0 N–H and O–H groups in total. The van der Waals surface area contributed by atoms with Gasteiger partial charge < -0.3 is 29.9 Å². The number of fused-ring (bicyclic) bond motifs is 14. The predicted molar refractivity (Wildman–Crippen MR) is 160 cm³/mol. The van der Waals surface area contributed by atoms with E-state index in [1.54, 1.807) is 12.4 Å². The normalized spacial score (nSPS) is 10.7.